The average molecular weight is 430 g/mol. The van der Waals surface area contributed by atoms with Gasteiger partial charge in [-0.25, -0.2) is 9.78 Å². The lowest BCUT2D eigenvalue weighted by Crippen LogP contribution is -2.71. The normalized spacial score (nSPS) is 22.2. The number of carbonyl (C=O) groups is 3. The Labute approximate surface area is 165 Å². The number of anilines is 1. The Morgan fingerprint density at radius 1 is 1.52 bits per heavy atom. The van der Waals surface area contributed by atoms with Crippen molar-refractivity contribution in [2.24, 2.45) is 5.16 Å². The highest BCUT2D eigenvalue weighted by atomic mass is 35.5. The number of nitrogens with one attached hydrogen (secondary N) is 1. The minimum Gasteiger partial charge on any atom is -0.477 e. The molecule has 0 aromatic carbocycles. The molecular weight excluding hydrogens is 418 g/mol. The van der Waals surface area contributed by atoms with E-state index in [9.17, 15) is 19.5 Å². The van der Waals surface area contributed by atoms with Gasteiger partial charge in [-0.05, 0) is 5.57 Å². The van der Waals surface area contributed by atoms with E-state index < -0.39 is 34.9 Å². The van der Waals surface area contributed by atoms with Gasteiger partial charge in [0, 0.05) is 5.75 Å². The van der Waals surface area contributed by atoms with Gasteiger partial charge in [-0.3, -0.25) is 14.5 Å². The summed E-state index contributed by atoms with van der Waals surface area (Å²) in [6.45, 7) is 3.56. The van der Waals surface area contributed by atoms with Crippen LogP contribution in [0.1, 0.15) is 5.69 Å². The van der Waals surface area contributed by atoms with Gasteiger partial charge in [-0.2, -0.15) is 0 Å². The van der Waals surface area contributed by atoms with E-state index >= 15 is 0 Å². The number of thiazole rings is 1. The highest BCUT2D eigenvalue weighted by Crippen LogP contribution is 2.40. The molecule has 3 heterocycles. The number of carbonyl (C=O) groups excluding carboxylic acids is 2. The fourth-order valence-electron chi connectivity index (χ4n) is 2.67. The molecule has 2 aliphatic heterocycles. The number of carboxylic acids is 1. The van der Waals surface area contributed by atoms with Gasteiger partial charge in [-0.15, -0.1) is 11.8 Å². The first-order valence-electron chi connectivity index (χ1n) is 7.28. The maximum absolute atomic E-state index is 12.4. The molecule has 142 valence electrons. The number of β-lactam (4-membered cyclic amide) rings is 1. The van der Waals surface area contributed by atoms with E-state index in [0.29, 0.717) is 11.3 Å². The molecule has 0 saturated carbocycles. The van der Waals surface area contributed by atoms with Gasteiger partial charge >= 0.3 is 5.97 Å². The highest BCUT2D eigenvalue weighted by molar-refractivity contribution is 8.00. The van der Waals surface area contributed by atoms with Crippen molar-refractivity contribution in [3.05, 3.63) is 34.0 Å². The van der Waals surface area contributed by atoms with Crippen LogP contribution in [0.15, 0.2) is 29.1 Å². The number of hydrogen-bond acceptors (Lipinski definition) is 9. The van der Waals surface area contributed by atoms with Crippen LogP contribution in [0.25, 0.3) is 0 Å². The lowest BCUT2D eigenvalue weighted by Gasteiger charge is -2.49. The Bertz CT molecular complexity index is 927. The number of nitrogens with two attached hydrogens (primary N) is 1. The lowest BCUT2D eigenvalue weighted by atomic mass is 10.0. The second-order valence-electron chi connectivity index (χ2n) is 5.37. The average Bonchev–Trinajstić information content (AvgIpc) is 2.96. The standard InChI is InChI=1S/C14H12ClN5O5S2/c1-2-4-3-26-12-7(11(22)20(12)8(4)13(23)24)17-10(21)6(19-25)5-9(15)27-14(16)18-5/h2,7,12,25H,1,3H2,(H2,16,18)(H,17,21)(H,23,24)/b19-6-/t7-,12+/m1/s1. The zero-order chi connectivity index (χ0) is 19.9. The van der Waals surface area contributed by atoms with Crippen molar-refractivity contribution in [3.63, 3.8) is 0 Å². The Morgan fingerprint density at radius 2 is 2.22 bits per heavy atom. The molecule has 1 aromatic rings. The number of rotatable bonds is 5. The topological polar surface area (TPSA) is 158 Å². The third kappa shape index (κ3) is 3.15. The molecule has 1 saturated heterocycles. The van der Waals surface area contributed by atoms with Gasteiger partial charge < -0.3 is 21.4 Å². The Morgan fingerprint density at radius 3 is 2.74 bits per heavy atom. The fourth-order valence-corrected chi connectivity index (χ4v) is 4.94. The molecule has 0 aliphatic carbocycles. The van der Waals surface area contributed by atoms with E-state index in [-0.39, 0.29) is 20.9 Å². The molecule has 0 radical (unpaired) electrons. The minimum absolute atomic E-state index is 0.0516. The summed E-state index contributed by atoms with van der Waals surface area (Å²) in [5.41, 5.74) is 5.16. The molecule has 2 aliphatic rings. The second kappa shape index (κ2) is 7.21. The molecule has 2 amide bonds. The molecule has 1 aromatic heterocycles. The molecule has 0 bridgehead atoms. The molecule has 0 unspecified atom stereocenters. The third-order valence-electron chi connectivity index (χ3n) is 3.88. The van der Waals surface area contributed by atoms with Gasteiger partial charge in [-0.1, -0.05) is 40.7 Å². The summed E-state index contributed by atoms with van der Waals surface area (Å²) >= 11 is 8.09. The number of fused-ring (bicyclic) bond motifs is 1. The Balaban J connectivity index is 1.80. The number of oxime groups is 1. The number of aromatic nitrogens is 1. The largest absolute Gasteiger partial charge is 0.477 e. The van der Waals surface area contributed by atoms with Crippen LogP contribution in [0.3, 0.4) is 0 Å². The summed E-state index contributed by atoms with van der Waals surface area (Å²) in [5.74, 6) is -2.42. The predicted octanol–water partition coefficient (Wildman–Crippen LogP) is 0.482. The molecule has 2 atom stereocenters. The molecular formula is C14H12ClN5O5S2. The monoisotopic (exact) mass is 429 g/mol. The van der Waals surface area contributed by atoms with Crippen LogP contribution in [0.2, 0.25) is 4.34 Å². The lowest BCUT2D eigenvalue weighted by molar-refractivity contribution is -0.150. The van der Waals surface area contributed by atoms with Crippen molar-refractivity contribution in [2.45, 2.75) is 11.4 Å². The summed E-state index contributed by atoms with van der Waals surface area (Å²) in [6, 6.07) is -0.991. The van der Waals surface area contributed by atoms with E-state index in [1.165, 1.54) is 17.8 Å². The maximum atomic E-state index is 12.4. The summed E-state index contributed by atoms with van der Waals surface area (Å²) in [6.07, 6.45) is 1.39. The van der Waals surface area contributed by atoms with Gasteiger partial charge in [0.05, 0.1) is 0 Å². The van der Waals surface area contributed by atoms with Crippen LogP contribution in [0.4, 0.5) is 5.13 Å². The molecule has 27 heavy (non-hydrogen) atoms. The smallest absolute Gasteiger partial charge is 0.352 e. The Kier molecular flexibility index (Phi) is 5.13. The van der Waals surface area contributed by atoms with Crippen LogP contribution in [0.5, 0.6) is 0 Å². The number of aliphatic carboxylic acids is 1. The highest BCUT2D eigenvalue weighted by Gasteiger charge is 2.54. The van der Waals surface area contributed by atoms with Crippen molar-refractivity contribution in [1.29, 1.82) is 0 Å². The summed E-state index contributed by atoms with van der Waals surface area (Å²) in [5, 5.41) is 23.3. The van der Waals surface area contributed by atoms with Crippen molar-refractivity contribution in [2.75, 3.05) is 11.5 Å². The zero-order valence-electron chi connectivity index (χ0n) is 13.4. The SMILES string of the molecule is C=CC1=C(C(=O)O)N2C(=O)[C@@H](NC(=O)/C(=N\O)c3nc(N)sc3Cl)[C@@H]2SC1. The van der Waals surface area contributed by atoms with E-state index in [1.54, 1.807) is 0 Å². The first kappa shape index (κ1) is 19.2. The van der Waals surface area contributed by atoms with Crippen molar-refractivity contribution < 1.29 is 24.7 Å². The summed E-state index contributed by atoms with van der Waals surface area (Å²) in [7, 11) is 0. The van der Waals surface area contributed by atoms with E-state index in [2.05, 4.69) is 22.0 Å². The van der Waals surface area contributed by atoms with Gasteiger partial charge in [0.2, 0.25) is 0 Å². The van der Waals surface area contributed by atoms with Gasteiger partial charge in [0.25, 0.3) is 11.8 Å². The van der Waals surface area contributed by atoms with Gasteiger partial charge in [0.1, 0.15) is 27.1 Å². The number of nitrogens with zero attached hydrogens (tertiary/aromatic N) is 3. The number of allylic oxidation sites excluding steroid dienone is 1. The third-order valence-corrected chi connectivity index (χ3v) is 6.26. The minimum atomic E-state index is -1.25. The number of carboxylic acid groups (broad SMARTS) is 1. The van der Waals surface area contributed by atoms with Gasteiger partial charge in [0.15, 0.2) is 10.8 Å². The first-order chi connectivity index (χ1) is 12.8. The summed E-state index contributed by atoms with van der Waals surface area (Å²) in [4.78, 5) is 41.3. The molecule has 3 rings (SSSR count). The molecule has 13 heteroatoms. The first-order valence-corrected chi connectivity index (χ1v) is 9.53. The van der Waals surface area contributed by atoms with Crippen molar-refractivity contribution in [3.8, 4) is 0 Å². The molecule has 0 spiro atoms. The Hall–Kier alpha value is -2.57. The predicted molar refractivity (Wildman–Crippen MR) is 99.7 cm³/mol. The fraction of sp³-hybridized carbons (Fsp3) is 0.214. The van der Waals surface area contributed by atoms with Crippen LogP contribution >= 0.6 is 34.7 Å². The van der Waals surface area contributed by atoms with Crippen LogP contribution in [-0.2, 0) is 14.4 Å². The molecule has 5 N–H and O–H groups in total. The maximum Gasteiger partial charge on any atom is 0.352 e. The molecule has 10 nitrogen and oxygen atoms in total. The quantitative estimate of drug-likeness (QED) is 0.228. The number of nitrogen functional groups attached to an aromatic ring is 1. The van der Waals surface area contributed by atoms with E-state index in [1.807, 2.05) is 0 Å². The molecule has 1 fully saturated rings. The second-order valence-corrected chi connectivity index (χ2v) is 8.10. The van der Waals surface area contributed by atoms with Crippen LogP contribution in [0, 0.1) is 0 Å². The number of halogens is 1. The van der Waals surface area contributed by atoms with Crippen LogP contribution in [-0.4, -0.2) is 60.9 Å². The van der Waals surface area contributed by atoms with E-state index in [4.69, 9.17) is 22.5 Å². The number of thioether (sulfide) groups is 1. The number of hydrogen-bond donors (Lipinski definition) is 4. The summed E-state index contributed by atoms with van der Waals surface area (Å²) < 4.78 is 0.0516. The van der Waals surface area contributed by atoms with Crippen molar-refractivity contribution >= 4 is 63.3 Å². The van der Waals surface area contributed by atoms with Crippen LogP contribution < -0.4 is 11.1 Å². The van der Waals surface area contributed by atoms with E-state index in [0.717, 1.165) is 16.2 Å². The van der Waals surface area contributed by atoms with Crippen molar-refractivity contribution in [1.82, 2.24) is 15.2 Å². The zero-order valence-corrected chi connectivity index (χ0v) is 15.8. The number of amides is 2.